The Kier molecular flexibility index (Phi) is 8.59. The highest BCUT2D eigenvalue weighted by Crippen LogP contribution is 2.28. The maximum atomic E-state index is 12.4. The van der Waals surface area contributed by atoms with E-state index in [1.807, 2.05) is 18.2 Å². The van der Waals surface area contributed by atoms with Crippen LogP contribution in [0.1, 0.15) is 5.56 Å². The van der Waals surface area contributed by atoms with Gasteiger partial charge in [-0.05, 0) is 23.8 Å². The fourth-order valence-electron chi connectivity index (χ4n) is 3.08. The van der Waals surface area contributed by atoms with E-state index < -0.39 is 22.2 Å². The third kappa shape index (κ3) is 7.82. The molecule has 2 aromatic carbocycles. The molecule has 0 saturated carbocycles. The number of nitrogens with zero attached hydrogens (tertiary/aromatic N) is 2. The SMILES string of the molecule is O=C(O)C(F)(F)F.O=S(=O)(Nc1nccs1)c1ccc(NC2CN(Cc3ccccc3)C2)c(Cl)c1. The maximum absolute atomic E-state index is 12.4. The van der Waals surface area contributed by atoms with Gasteiger partial charge in [0.2, 0.25) is 0 Å². The van der Waals surface area contributed by atoms with Gasteiger partial charge < -0.3 is 10.4 Å². The molecule has 1 aromatic heterocycles. The largest absolute Gasteiger partial charge is 0.490 e. The quantitative estimate of drug-likeness (QED) is 0.398. The molecular weight excluding hydrogens is 529 g/mol. The van der Waals surface area contributed by atoms with Gasteiger partial charge in [0, 0.05) is 31.2 Å². The zero-order valence-corrected chi connectivity index (χ0v) is 20.3. The summed E-state index contributed by atoms with van der Waals surface area (Å²) in [5.74, 6) is -2.76. The smallest absolute Gasteiger partial charge is 0.475 e. The molecule has 4 rings (SSSR count). The lowest BCUT2D eigenvalue weighted by molar-refractivity contribution is -0.192. The summed E-state index contributed by atoms with van der Waals surface area (Å²) < 4.78 is 59.1. The van der Waals surface area contributed by atoms with E-state index in [-0.39, 0.29) is 10.9 Å². The Hall–Kier alpha value is -2.87. The van der Waals surface area contributed by atoms with Crippen molar-refractivity contribution in [3.63, 3.8) is 0 Å². The number of hydrogen-bond donors (Lipinski definition) is 3. The number of anilines is 2. The van der Waals surface area contributed by atoms with E-state index in [2.05, 4.69) is 32.1 Å². The lowest BCUT2D eigenvalue weighted by atomic mass is 10.1. The van der Waals surface area contributed by atoms with Crippen LogP contribution in [0.3, 0.4) is 0 Å². The van der Waals surface area contributed by atoms with Gasteiger partial charge in [-0.1, -0.05) is 41.9 Å². The highest BCUT2D eigenvalue weighted by atomic mass is 35.5. The van der Waals surface area contributed by atoms with Gasteiger partial charge in [0.25, 0.3) is 10.0 Å². The Bertz CT molecular complexity index is 1240. The topological polar surface area (TPSA) is 112 Å². The summed E-state index contributed by atoms with van der Waals surface area (Å²) >= 11 is 7.55. The minimum atomic E-state index is -5.08. The molecule has 1 aliphatic heterocycles. The van der Waals surface area contributed by atoms with E-state index in [9.17, 15) is 21.6 Å². The third-order valence-electron chi connectivity index (χ3n) is 4.71. The van der Waals surface area contributed by atoms with Crippen molar-refractivity contribution in [2.75, 3.05) is 23.1 Å². The number of aliphatic carboxylic acids is 1. The van der Waals surface area contributed by atoms with Crippen LogP contribution in [0.5, 0.6) is 0 Å². The number of alkyl halides is 3. The molecule has 3 N–H and O–H groups in total. The van der Waals surface area contributed by atoms with Crippen LogP contribution in [0.25, 0.3) is 0 Å². The second kappa shape index (κ2) is 11.2. The number of benzene rings is 2. The fraction of sp³-hybridized carbons (Fsp3) is 0.238. The number of carboxylic acid groups (broad SMARTS) is 1. The molecule has 0 spiro atoms. The molecule has 0 atom stereocenters. The van der Waals surface area contributed by atoms with Crippen molar-refractivity contribution in [3.05, 3.63) is 70.7 Å². The predicted molar refractivity (Wildman–Crippen MR) is 127 cm³/mol. The Balaban J connectivity index is 0.000000429. The van der Waals surface area contributed by atoms with E-state index in [1.54, 1.807) is 23.7 Å². The number of sulfonamides is 1. The second-order valence-electron chi connectivity index (χ2n) is 7.41. The molecule has 8 nitrogen and oxygen atoms in total. The van der Waals surface area contributed by atoms with Gasteiger partial charge in [0.1, 0.15) is 0 Å². The highest BCUT2D eigenvalue weighted by molar-refractivity contribution is 7.93. The lowest BCUT2D eigenvalue weighted by Crippen LogP contribution is -2.54. The zero-order valence-electron chi connectivity index (χ0n) is 17.9. The van der Waals surface area contributed by atoms with Gasteiger partial charge in [0.05, 0.1) is 21.6 Å². The molecule has 0 aliphatic carbocycles. The van der Waals surface area contributed by atoms with E-state index in [4.69, 9.17) is 21.5 Å². The van der Waals surface area contributed by atoms with Crippen LogP contribution in [0.15, 0.2) is 65.0 Å². The molecule has 3 aromatic rings. The second-order valence-corrected chi connectivity index (χ2v) is 10.4. The summed E-state index contributed by atoms with van der Waals surface area (Å²) in [6, 6.07) is 15.4. The van der Waals surface area contributed by atoms with Crippen LogP contribution >= 0.6 is 22.9 Å². The normalized spacial score (nSPS) is 14.4. The van der Waals surface area contributed by atoms with Crippen LogP contribution in [-0.2, 0) is 21.4 Å². The number of hydrogen-bond acceptors (Lipinski definition) is 7. The molecule has 0 amide bonds. The maximum Gasteiger partial charge on any atom is 0.490 e. The average molecular weight is 549 g/mol. The Morgan fingerprint density at radius 2 is 1.86 bits per heavy atom. The first-order valence-electron chi connectivity index (χ1n) is 9.99. The van der Waals surface area contributed by atoms with Crippen molar-refractivity contribution < 1.29 is 31.5 Å². The van der Waals surface area contributed by atoms with Gasteiger partial charge in [-0.3, -0.25) is 9.62 Å². The first kappa shape index (κ1) is 26.7. The average Bonchev–Trinajstić information content (AvgIpc) is 3.26. The Morgan fingerprint density at radius 1 is 1.20 bits per heavy atom. The molecule has 0 unspecified atom stereocenters. The summed E-state index contributed by atoms with van der Waals surface area (Å²) in [6.07, 6.45) is -3.54. The predicted octanol–water partition coefficient (Wildman–Crippen LogP) is 4.53. The monoisotopic (exact) mass is 548 g/mol. The van der Waals surface area contributed by atoms with Crippen LogP contribution in [0.2, 0.25) is 5.02 Å². The number of likely N-dealkylation sites (tertiary alicyclic amines) is 1. The number of carboxylic acids is 1. The molecule has 35 heavy (non-hydrogen) atoms. The van der Waals surface area contributed by atoms with E-state index in [0.717, 1.165) is 25.3 Å². The van der Waals surface area contributed by atoms with Crippen LogP contribution in [0, 0.1) is 0 Å². The summed E-state index contributed by atoms with van der Waals surface area (Å²) in [4.78, 5) is 15.3. The number of rotatable bonds is 7. The van der Waals surface area contributed by atoms with Gasteiger partial charge in [-0.15, -0.1) is 11.3 Å². The van der Waals surface area contributed by atoms with Crippen LogP contribution in [0.4, 0.5) is 24.0 Å². The molecule has 1 saturated heterocycles. The highest BCUT2D eigenvalue weighted by Gasteiger charge is 2.38. The molecular formula is C21H20ClF3N4O4S2. The molecule has 1 fully saturated rings. The molecule has 14 heteroatoms. The van der Waals surface area contributed by atoms with E-state index in [1.165, 1.54) is 23.0 Å². The molecule has 188 valence electrons. The fourth-order valence-corrected chi connectivity index (χ4v) is 5.19. The Morgan fingerprint density at radius 3 is 2.40 bits per heavy atom. The van der Waals surface area contributed by atoms with Crippen molar-refractivity contribution in [1.82, 2.24) is 9.88 Å². The summed E-state index contributed by atoms with van der Waals surface area (Å²) in [6.45, 7) is 2.75. The standard InChI is InChI=1S/C19H19ClN4O2S2.C2HF3O2/c20-17-10-16(28(25,26)23-19-21-8-9-27-19)6-7-18(17)22-15-12-24(13-15)11-14-4-2-1-3-5-14;3-2(4,5)1(6)7/h1-10,15,22H,11-13H2,(H,21,23);(H,6,7). The van der Waals surface area contributed by atoms with Crippen LogP contribution < -0.4 is 10.0 Å². The molecule has 0 radical (unpaired) electrons. The zero-order chi connectivity index (χ0) is 25.6. The van der Waals surface area contributed by atoms with E-state index in [0.29, 0.717) is 10.2 Å². The molecule has 1 aliphatic rings. The van der Waals surface area contributed by atoms with Gasteiger partial charge in [-0.25, -0.2) is 18.2 Å². The Labute approximate surface area is 208 Å². The van der Waals surface area contributed by atoms with Gasteiger partial charge >= 0.3 is 12.1 Å². The summed E-state index contributed by atoms with van der Waals surface area (Å²) in [5, 5.41) is 12.9. The summed E-state index contributed by atoms with van der Waals surface area (Å²) in [7, 11) is -3.71. The minimum Gasteiger partial charge on any atom is -0.475 e. The first-order chi connectivity index (χ1) is 16.4. The summed E-state index contributed by atoms with van der Waals surface area (Å²) in [5.41, 5.74) is 2.03. The molecule has 2 heterocycles. The number of carbonyl (C=O) groups is 1. The van der Waals surface area contributed by atoms with Crippen molar-refractivity contribution in [2.45, 2.75) is 23.7 Å². The minimum absolute atomic E-state index is 0.109. The number of halogens is 4. The van der Waals surface area contributed by atoms with Crippen molar-refractivity contribution in [1.29, 1.82) is 0 Å². The van der Waals surface area contributed by atoms with Gasteiger partial charge in [0.15, 0.2) is 5.13 Å². The van der Waals surface area contributed by atoms with Crippen molar-refractivity contribution in [2.24, 2.45) is 0 Å². The molecule has 0 bridgehead atoms. The van der Waals surface area contributed by atoms with Crippen LogP contribution in [-0.4, -0.2) is 54.7 Å². The van der Waals surface area contributed by atoms with Crippen molar-refractivity contribution >= 4 is 49.7 Å². The lowest BCUT2D eigenvalue weighted by Gasteiger charge is -2.40. The van der Waals surface area contributed by atoms with Gasteiger partial charge in [-0.2, -0.15) is 13.2 Å². The van der Waals surface area contributed by atoms with E-state index >= 15 is 0 Å². The van der Waals surface area contributed by atoms with Crippen molar-refractivity contribution in [3.8, 4) is 0 Å². The number of aromatic nitrogens is 1. The number of nitrogens with one attached hydrogen (secondary N) is 2. The number of thiazole rings is 1. The first-order valence-corrected chi connectivity index (χ1v) is 12.7. The third-order valence-corrected chi connectivity index (χ3v) is 7.18.